The number of nitrogens with zero attached hydrogens (tertiary/aromatic N) is 2. The van der Waals surface area contributed by atoms with Crippen molar-refractivity contribution in [1.29, 1.82) is 0 Å². The summed E-state index contributed by atoms with van der Waals surface area (Å²) in [6.45, 7) is 2.44. The molecule has 0 unspecified atom stereocenters. The van der Waals surface area contributed by atoms with E-state index in [1.807, 2.05) is 6.92 Å². The van der Waals surface area contributed by atoms with E-state index in [0.29, 0.717) is 24.2 Å². The Morgan fingerprint density at radius 3 is 3.00 bits per heavy atom. The van der Waals surface area contributed by atoms with Crippen molar-refractivity contribution >= 4 is 11.7 Å². The first-order chi connectivity index (χ1) is 9.20. The van der Waals surface area contributed by atoms with Crippen LogP contribution >= 0.6 is 0 Å². The summed E-state index contributed by atoms with van der Waals surface area (Å²) in [6.07, 6.45) is 2.40. The number of anilines is 2. The normalized spacial score (nSPS) is 14.6. The average molecular weight is 262 g/mol. The van der Waals surface area contributed by atoms with Gasteiger partial charge in [-0.1, -0.05) is 11.2 Å². The van der Waals surface area contributed by atoms with Crippen LogP contribution in [0.15, 0.2) is 22.6 Å². The molecule has 100 valence electrons. The Bertz CT molecular complexity index is 580. The molecule has 1 saturated carbocycles. The number of hydrogen-bond donors (Lipinski definition) is 2. The van der Waals surface area contributed by atoms with E-state index in [1.165, 1.54) is 18.9 Å². The van der Waals surface area contributed by atoms with Gasteiger partial charge in [0.05, 0.1) is 12.2 Å². The van der Waals surface area contributed by atoms with Crippen molar-refractivity contribution < 1.29 is 8.81 Å². The zero-order valence-corrected chi connectivity index (χ0v) is 10.6. The summed E-state index contributed by atoms with van der Waals surface area (Å²) in [5, 5.41) is 13.8. The predicted octanol–water partition coefficient (Wildman–Crippen LogP) is 2.51. The molecule has 0 spiro atoms. The molecular formula is C13H15FN4O. The minimum atomic E-state index is -0.346. The molecular weight excluding hydrogens is 247 g/mol. The fourth-order valence-corrected chi connectivity index (χ4v) is 1.74. The maximum atomic E-state index is 13.6. The minimum Gasteiger partial charge on any atom is -0.406 e. The van der Waals surface area contributed by atoms with Gasteiger partial charge in [0.1, 0.15) is 5.82 Å². The first-order valence-electron chi connectivity index (χ1n) is 6.29. The molecule has 0 radical (unpaired) electrons. The Labute approximate surface area is 110 Å². The fourth-order valence-electron chi connectivity index (χ4n) is 1.74. The standard InChI is InChI=1S/C13H15FN4O/c1-8-2-5-10(14)11(6-8)16-13-18-17-12(19-13)7-15-9-3-4-9/h2,5-6,9,15H,3-4,7H2,1H3,(H,16,18). The lowest BCUT2D eigenvalue weighted by Crippen LogP contribution is -2.15. The average Bonchev–Trinajstić information content (AvgIpc) is 3.12. The third-order valence-corrected chi connectivity index (χ3v) is 2.95. The van der Waals surface area contributed by atoms with E-state index < -0.39 is 0 Å². The summed E-state index contributed by atoms with van der Waals surface area (Å²) in [6, 6.07) is 5.60. The van der Waals surface area contributed by atoms with E-state index in [1.54, 1.807) is 12.1 Å². The molecule has 1 fully saturated rings. The molecule has 1 aromatic heterocycles. The number of nitrogens with one attached hydrogen (secondary N) is 2. The Morgan fingerprint density at radius 2 is 2.21 bits per heavy atom. The number of hydrogen-bond acceptors (Lipinski definition) is 5. The molecule has 5 nitrogen and oxygen atoms in total. The van der Waals surface area contributed by atoms with Gasteiger partial charge in [-0.25, -0.2) is 4.39 Å². The number of aryl methyl sites for hydroxylation is 1. The molecule has 1 aromatic carbocycles. The van der Waals surface area contributed by atoms with Crippen molar-refractivity contribution in [3.05, 3.63) is 35.5 Å². The summed E-state index contributed by atoms with van der Waals surface area (Å²) in [5.41, 5.74) is 1.30. The van der Waals surface area contributed by atoms with Gasteiger partial charge in [-0.3, -0.25) is 0 Å². The molecule has 2 aromatic rings. The van der Waals surface area contributed by atoms with Crippen LogP contribution in [0.2, 0.25) is 0 Å². The highest BCUT2D eigenvalue weighted by atomic mass is 19.1. The summed E-state index contributed by atoms with van der Waals surface area (Å²) < 4.78 is 19.0. The molecule has 19 heavy (non-hydrogen) atoms. The summed E-state index contributed by atoms with van der Waals surface area (Å²) in [5.74, 6) is 0.156. The Kier molecular flexibility index (Phi) is 3.16. The number of halogens is 1. The summed E-state index contributed by atoms with van der Waals surface area (Å²) in [7, 11) is 0. The number of aromatic nitrogens is 2. The van der Waals surface area contributed by atoms with E-state index in [9.17, 15) is 4.39 Å². The third kappa shape index (κ3) is 3.08. The molecule has 2 N–H and O–H groups in total. The van der Waals surface area contributed by atoms with Gasteiger partial charge in [-0.2, -0.15) is 0 Å². The quantitative estimate of drug-likeness (QED) is 0.867. The monoisotopic (exact) mass is 262 g/mol. The highest BCUT2D eigenvalue weighted by Crippen LogP contribution is 2.21. The molecule has 1 aliphatic rings. The smallest absolute Gasteiger partial charge is 0.320 e. The third-order valence-electron chi connectivity index (χ3n) is 2.95. The van der Waals surface area contributed by atoms with Crippen molar-refractivity contribution in [2.24, 2.45) is 0 Å². The molecule has 6 heteroatoms. The highest BCUT2D eigenvalue weighted by molar-refractivity contribution is 5.54. The molecule has 0 atom stereocenters. The van der Waals surface area contributed by atoms with Crippen molar-refractivity contribution in [3.8, 4) is 0 Å². The van der Waals surface area contributed by atoms with Gasteiger partial charge in [-0.05, 0) is 37.5 Å². The second-order valence-corrected chi connectivity index (χ2v) is 4.76. The van der Waals surface area contributed by atoms with Crippen LogP contribution in [-0.2, 0) is 6.54 Å². The lowest BCUT2D eigenvalue weighted by atomic mass is 10.2. The molecule has 0 amide bonds. The van der Waals surface area contributed by atoms with Crippen LogP contribution in [0.3, 0.4) is 0 Å². The van der Waals surface area contributed by atoms with E-state index in [0.717, 1.165) is 5.56 Å². The minimum absolute atomic E-state index is 0.206. The second kappa shape index (κ2) is 4.97. The summed E-state index contributed by atoms with van der Waals surface area (Å²) in [4.78, 5) is 0. The van der Waals surface area contributed by atoms with Gasteiger partial charge in [-0.15, -0.1) is 5.10 Å². The number of benzene rings is 1. The van der Waals surface area contributed by atoms with E-state index in [-0.39, 0.29) is 11.8 Å². The van der Waals surface area contributed by atoms with Crippen molar-refractivity contribution in [2.45, 2.75) is 32.4 Å². The van der Waals surface area contributed by atoms with Crippen LogP contribution < -0.4 is 10.6 Å². The second-order valence-electron chi connectivity index (χ2n) is 4.76. The van der Waals surface area contributed by atoms with Gasteiger partial charge in [0.25, 0.3) is 0 Å². The van der Waals surface area contributed by atoms with Crippen LogP contribution in [0.25, 0.3) is 0 Å². The van der Waals surface area contributed by atoms with Gasteiger partial charge >= 0.3 is 6.01 Å². The number of rotatable bonds is 5. The Morgan fingerprint density at radius 1 is 1.37 bits per heavy atom. The fraction of sp³-hybridized carbons (Fsp3) is 0.385. The molecule has 0 saturated heterocycles. The van der Waals surface area contributed by atoms with Gasteiger partial charge in [0.15, 0.2) is 0 Å². The highest BCUT2D eigenvalue weighted by Gasteiger charge is 2.21. The maximum absolute atomic E-state index is 13.6. The van der Waals surface area contributed by atoms with Crippen LogP contribution in [0.4, 0.5) is 16.1 Å². The largest absolute Gasteiger partial charge is 0.406 e. The molecule has 1 heterocycles. The molecule has 0 aliphatic heterocycles. The summed E-state index contributed by atoms with van der Waals surface area (Å²) >= 11 is 0. The van der Waals surface area contributed by atoms with E-state index >= 15 is 0 Å². The lowest BCUT2D eigenvalue weighted by Gasteiger charge is -2.03. The zero-order valence-electron chi connectivity index (χ0n) is 10.6. The SMILES string of the molecule is Cc1ccc(F)c(Nc2nnc(CNC3CC3)o2)c1. The van der Waals surface area contributed by atoms with Crippen LogP contribution in [0, 0.1) is 12.7 Å². The lowest BCUT2D eigenvalue weighted by molar-refractivity contribution is 0.478. The Balaban J connectivity index is 1.66. The van der Waals surface area contributed by atoms with Crippen molar-refractivity contribution in [1.82, 2.24) is 15.5 Å². The van der Waals surface area contributed by atoms with Crippen LogP contribution in [-0.4, -0.2) is 16.2 Å². The van der Waals surface area contributed by atoms with Gasteiger partial charge < -0.3 is 15.1 Å². The maximum Gasteiger partial charge on any atom is 0.320 e. The van der Waals surface area contributed by atoms with E-state index in [2.05, 4.69) is 20.8 Å². The predicted molar refractivity (Wildman–Crippen MR) is 68.6 cm³/mol. The molecule has 1 aliphatic carbocycles. The first kappa shape index (κ1) is 12.1. The van der Waals surface area contributed by atoms with Crippen LogP contribution in [0.1, 0.15) is 24.3 Å². The van der Waals surface area contributed by atoms with Crippen molar-refractivity contribution in [3.63, 3.8) is 0 Å². The van der Waals surface area contributed by atoms with Gasteiger partial charge in [0, 0.05) is 6.04 Å². The topological polar surface area (TPSA) is 63.0 Å². The molecule has 3 rings (SSSR count). The molecule has 0 bridgehead atoms. The van der Waals surface area contributed by atoms with Gasteiger partial charge in [0.2, 0.25) is 5.89 Å². The van der Waals surface area contributed by atoms with E-state index in [4.69, 9.17) is 4.42 Å². The first-order valence-corrected chi connectivity index (χ1v) is 6.29. The van der Waals surface area contributed by atoms with Crippen molar-refractivity contribution in [2.75, 3.05) is 5.32 Å². The Hall–Kier alpha value is -1.95. The zero-order chi connectivity index (χ0) is 13.2. The van der Waals surface area contributed by atoms with Crippen LogP contribution in [0.5, 0.6) is 0 Å².